The predicted molar refractivity (Wildman–Crippen MR) is 104 cm³/mol. The van der Waals surface area contributed by atoms with E-state index < -0.39 is 17.8 Å². The van der Waals surface area contributed by atoms with Gasteiger partial charge < -0.3 is 20.1 Å². The highest BCUT2D eigenvalue weighted by molar-refractivity contribution is 6.35. The largest absolute Gasteiger partial charge is 0.497 e. The molecule has 0 unspecified atom stereocenters. The molecule has 150 valence electrons. The van der Waals surface area contributed by atoms with E-state index in [4.69, 9.17) is 9.84 Å². The molecule has 1 aromatic carbocycles. The number of rotatable bonds is 5. The Morgan fingerprint density at radius 2 is 1.96 bits per heavy atom. The number of nitrogens with zero attached hydrogens (tertiary/aromatic N) is 1. The van der Waals surface area contributed by atoms with E-state index in [9.17, 15) is 14.4 Å². The minimum Gasteiger partial charge on any atom is -0.497 e. The van der Waals surface area contributed by atoms with Crippen molar-refractivity contribution in [3.63, 3.8) is 0 Å². The Kier molecular flexibility index (Phi) is 6.34. The summed E-state index contributed by atoms with van der Waals surface area (Å²) in [5, 5.41) is 11.8. The molecule has 3 rings (SSSR count). The maximum atomic E-state index is 12.4. The number of amides is 2. The molecule has 1 fully saturated rings. The van der Waals surface area contributed by atoms with Crippen LogP contribution in [-0.4, -0.2) is 54.5 Å². The van der Waals surface area contributed by atoms with Gasteiger partial charge in [0.2, 0.25) is 0 Å². The summed E-state index contributed by atoms with van der Waals surface area (Å²) in [7, 11) is 1.61. The highest BCUT2D eigenvalue weighted by Gasteiger charge is 2.29. The third kappa shape index (κ3) is 4.71. The summed E-state index contributed by atoms with van der Waals surface area (Å²) in [6.45, 7) is 1.21. The molecule has 1 heterocycles. The molecule has 0 spiro atoms. The molecule has 28 heavy (non-hydrogen) atoms. The number of ether oxygens (including phenoxy) is 1. The summed E-state index contributed by atoms with van der Waals surface area (Å²) in [6, 6.07) is 7.62. The normalized spacial score (nSPS) is 21.8. The van der Waals surface area contributed by atoms with E-state index >= 15 is 0 Å². The lowest BCUT2D eigenvalue weighted by atomic mass is 9.82. The Hall–Kier alpha value is -2.83. The first kappa shape index (κ1) is 19.9. The molecule has 2 N–H and O–H groups in total. The molecule has 0 saturated heterocycles. The standard InChI is InChI=1S/C21H26N2O5/c1-28-18-4-2-3-16(11-18)17-9-10-23(13-17)20(25)19(24)22-12-14-5-7-15(8-6-14)21(26)27/h2-4,9,11,14-15H,5-8,10,12-13H2,1H3,(H,22,24)(H,26,27). The zero-order valence-electron chi connectivity index (χ0n) is 16.0. The molecule has 0 radical (unpaired) electrons. The van der Waals surface area contributed by atoms with Crippen molar-refractivity contribution >= 4 is 23.4 Å². The van der Waals surface area contributed by atoms with Gasteiger partial charge in [-0.05, 0) is 54.9 Å². The summed E-state index contributed by atoms with van der Waals surface area (Å²) in [5.74, 6) is -1.17. The monoisotopic (exact) mass is 386 g/mol. The molecule has 1 aromatic rings. The molecule has 0 aromatic heterocycles. The smallest absolute Gasteiger partial charge is 0.312 e. The highest BCUT2D eigenvalue weighted by Crippen LogP contribution is 2.28. The van der Waals surface area contributed by atoms with E-state index in [1.807, 2.05) is 30.3 Å². The van der Waals surface area contributed by atoms with Gasteiger partial charge in [0.15, 0.2) is 0 Å². The second-order valence-corrected chi connectivity index (χ2v) is 7.41. The molecule has 2 aliphatic rings. The molecular weight excluding hydrogens is 360 g/mol. The second kappa shape index (κ2) is 8.91. The van der Waals surface area contributed by atoms with E-state index in [-0.39, 0.29) is 11.8 Å². The Labute approximate surface area is 164 Å². The van der Waals surface area contributed by atoms with Crippen LogP contribution in [0.2, 0.25) is 0 Å². The lowest BCUT2D eigenvalue weighted by Gasteiger charge is -2.26. The third-order valence-electron chi connectivity index (χ3n) is 5.59. The Morgan fingerprint density at radius 1 is 1.21 bits per heavy atom. The van der Waals surface area contributed by atoms with E-state index in [1.165, 1.54) is 4.90 Å². The zero-order valence-corrected chi connectivity index (χ0v) is 16.0. The lowest BCUT2D eigenvalue weighted by molar-refractivity contribution is -0.145. The maximum absolute atomic E-state index is 12.4. The topological polar surface area (TPSA) is 95.9 Å². The number of carbonyl (C=O) groups excluding carboxylic acids is 2. The van der Waals surface area contributed by atoms with Crippen LogP contribution >= 0.6 is 0 Å². The molecule has 1 aliphatic carbocycles. The van der Waals surface area contributed by atoms with Crippen LogP contribution in [0.4, 0.5) is 0 Å². The minimum atomic E-state index is -0.744. The average Bonchev–Trinajstić information content (AvgIpc) is 3.22. The van der Waals surface area contributed by atoms with Gasteiger partial charge in [-0.2, -0.15) is 0 Å². The van der Waals surface area contributed by atoms with Gasteiger partial charge in [-0.25, -0.2) is 0 Å². The van der Waals surface area contributed by atoms with Gasteiger partial charge in [-0.1, -0.05) is 18.2 Å². The molecule has 1 aliphatic heterocycles. The number of benzene rings is 1. The van der Waals surface area contributed by atoms with Crippen molar-refractivity contribution in [3.8, 4) is 5.75 Å². The number of carbonyl (C=O) groups is 3. The molecule has 7 heteroatoms. The molecule has 0 bridgehead atoms. The van der Waals surface area contributed by atoms with Crippen LogP contribution in [0.5, 0.6) is 5.75 Å². The van der Waals surface area contributed by atoms with Crippen LogP contribution in [0.15, 0.2) is 30.3 Å². The Morgan fingerprint density at radius 3 is 2.64 bits per heavy atom. The lowest BCUT2D eigenvalue weighted by Crippen LogP contribution is -2.43. The Bertz CT molecular complexity index is 781. The summed E-state index contributed by atoms with van der Waals surface area (Å²) in [5.41, 5.74) is 1.97. The van der Waals surface area contributed by atoms with Gasteiger partial charge in [0.25, 0.3) is 0 Å². The molecule has 7 nitrogen and oxygen atoms in total. The van der Waals surface area contributed by atoms with Crippen molar-refractivity contribution in [1.29, 1.82) is 0 Å². The van der Waals surface area contributed by atoms with Crippen molar-refractivity contribution in [1.82, 2.24) is 10.2 Å². The predicted octanol–water partition coefficient (Wildman–Crippen LogP) is 1.93. The van der Waals surface area contributed by atoms with Crippen LogP contribution in [0.3, 0.4) is 0 Å². The van der Waals surface area contributed by atoms with Crippen molar-refractivity contribution in [2.75, 3.05) is 26.7 Å². The number of nitrogens with one attached hydrogen (secondary N) is 1. The van der Waals surface area contributed by atoms with Crippen LogP contribution in [-0.2, 0) is 14.4 Å². The average molecular weight is 386 g/mol. The van der Waals surface area contributed by atoms with Crippen molar-refractivity contribution in [2.45, 2.75) is 25.7 Å². The van der Waals surface area contributed by atoms with Gasteiger partial charge in [0.1, 0.15) is 5.75 Å². The SMILES string of the molecule is COc1cccc(C2=CCN(C(=O)C(=O)NCC3CCC(C(=O)O)CC3)C2)c1. The quantitative estimate of drug-likeness (QED) is 0.754. The number of aliphatic carboxylic acids is 1. The Balaban J connectivity index is 1.46. The van der Waals surface area contributed by atoms with Crippen LogP contribution in [0, 0.1) is 11.8 Å². The second-order valence-electron chi connectivity index (χ2n) is 7.41. The van der Waals surface area contributed by atoms with E-state index in [1.54, 1.807) is 7.11 Å². The first-order valence-electron chi connectivity index (χ1n) is 9.61. The van der Waals surface area contributed by atoms with Crippen molar-refractivity contribution in [2.24, 2.45) is 11.8 Å². The summed E-state index contributed by atoms with van der Waals surface area (Å²) >= 11 is 0. The van der Waals surface area contributed by atoms with Crippen LogP contribution in [0.25, 0.3) is 5.57 Å². The van der Waals surface area contributed by atoms with E-state index in [0.29, 0.717) is 32.5 Å². The summed E-state index contributed by atoms with van der Waals surface area (Å²) < 4.78 is 5.23. The molecule has 0 atom stereocenters. The molecular formula is C21H26N2O5. The first-order valence-corrected chi connectivity index (χ1v) is 9.61. The number of carboxylic acids is 1. The van der Waals surface area contributed by atoms with Gasteiger partial charge in [0.05, 0.1) is 13.0 Å². The summed E-state index contributed by atoms with van der Waals surface area (Å²) in [6.07, 6.45) is 4.73. The number of hydrogen-bond donors (Lipinski definition) is 2. The van der Waals surface area contributed by atoms with Gasteiger partial charge in [-0.3, -0.25) is 14.4 Å². The number of methoxy groups -OCH3 is 1. The van der Waals surface area contributed by atoms with Crippen LogP contribution in [0.1, 0.15) is 31.2 Å². The van der Waals surface area contributed by atoms with Gasteiger partial charge in [0, 0.05) is 19.6 Å². The number of carboxylic acid groups (broad SMARTS) is 1. The fourth-order valence-electron chi connectivity index (χ4n) is 3.81. The van der Waals surface area contributed by atoms with Gasteiger partial charge >= 0.3 is 17.8 Å². The fourth-order valence-corrected chi connectivity index (χ4v) is 3.81. The minimum absolute atomic E-state index is 0.233. The van der Waals surface area contributed by atoms with E-state index in [2.05, 4.69) is 5.32 Å². The van der Waals surface area contributed by atoms with Gasteiger partial charge in [-0.15, -0.1) is 0 Å². The molecule has 1 saturated carbocycles. The van der Waals surface area contributed by atoms with E-state index in [0.717, 1.165) is 29.7 Å². The zero-order chi connectivity index (χ0) is 20.1. The maximum Gasteiger partial charge on any atom is 0.312 e. The fraction of sp³-hybridized carbons (Fsp3) is 0.476. The first-order chi connectivity index (χ1) is 13.5. The third-order valence-corrected chi connectivity index (χ3v) is 5.59. The number of hydrogen-bond acceptors (Lipinski definition) is 4. The van der Waals surface area contributed by atoms with Crippen LogP contribution < -0.4 is 10.1 Å². The highest BCUT2D eigenvalue weighted by atomic mass is 16.5. The summed E-state index contributed by atoms with van der Waals surface area (Å²) in [4.78, 5) is 37.2. The molecule has 2 amide bonds. The van der Waals surface area contributed by atoms with Crippen molar-refractivity contribution < 1.29 is 24.2 Å². The van der Waals surface area contributed by atoms with Crippen molar-refractivity contribution in [3.05, 3.63) is 35.9 Å².